The molecule has 0 heterocycles. The molecular formula is C104H124N4O25. The van der Waals surface area contributed by atoms with E-state index >= 15 is 0 Å². The predicted octanol–water partition coefficient (Wildman–Crippen LogP) is 12.5. The van der Waals surface area contributed by atoms with E-state index in [2.05, 4.69) is 21.3 Å². The maximum Gasteiger partial charge on any atom is 0.306 e. The normalized spacial score (nSPS) is 12.8. The molecular weight excluding hydrogens is 1710 g/mol. The Kier molecular flexibility index (Phi) is 48.7. The second-order valence-electron chi connectivity index (χ2n) is 32.6. The maximum atomic E-state index is 14.5. The lowest BCUT2D eigenvalue weighted by Gasteiger charge is -2.25. The summed E-state index contributed by atoms with van der Waals surface area (Å²) in [4.78, 5) is 190. The SMILES string of the molecule is COCCOCCCC(=O)[C@@H](CCC(=O)OCc1ccccc1)NC(=O)[C@H](CCC(=O)OCc1ccccc1)CC(=O)[C@@H](Cc1ccc(O)cc1)NC(=O)[C@@H](CC(C)=O)Cc1ccc(O)cc1.COCCOCCCC(=O)[C@@H](CCC(=O)OCc1ccccc1)NC(=O)[C@H](CCC(=O)OCc1ccccc1)CC(=O)[C@@H](Cc1ccccc1)NC(=O)[C@@H](CC(C)=O)Cc1ccc(O)cc1. The minimum absolute atomic E-state index is 0.00128. The molecule has 0 aromatic heterocycles. The van der Waals surface area contributed by atoms with Gasteiger partial charge in [-0.15, -0.1) is 0 Å². The molecule has 0 radical (unpaired) electrons. The summed E-state index contributed by atoms with van der Waals surface area (Å²) in [5, 5.41) is 40.8. The number of nitrogens with one attached hydrogen (secondary N) is 4. The summed E-state index contributed by atoms with van der Waals surface area (Å²) < 4.78 is 42.9. The molecule has 7 N–H and O–H groups in total. The molecule has 29 nitrogen and oxygen atoms in total. The van der Waals surface area contributed by atoms with Crippen LogP contribution in [0.2, 0.25) is 0 Å². The summed E-state index contributed by atoms with van der Waals surface area (Å²) >= 11 is 0. The van der Waals surface area contributed by atoms with Crippen molar-refractivity contribution in [3.63, 3.8) is 0 Å². The molecule has 4 amide bonds. The Balaban J connectivity index is 0.000000363. The van der Waals surface area contributed by atoms with Crippen LogP contribution in [-0.2, 0) is 157 Å². The monoisotopic (exact) mass is 1830 g/mol. The fraction of sp³-hybridized carbons (Fsp3) is 0.404. The second-order valence-corrected chi connectivity index (χ2v) is 32.6. The van der Waals surface area contributed by atoms with Gasteiger partial charge in [0.25, 0.3) is 0 Å². The topological polar surface area (TPSA) is 422 Å². The van der Waals surface area contributed by atoms with E-state index in [0.29, 0.717) is 56.0 Å². The summed E-state index contributed by atoms with van der Waals surface area (Å²) in [7, 11) is 3.09. The minimum Gasteiger partial charge on any atom is -0.508 e. The zero-order chi connectivity index (χ0) is 95.9. The van der Waals surface area contributed by atoms with Gasteiger partial charge in [-0.05, 0) is 159 Å². The number of Topliss-reactive ketones (excluding diaryl/α,β-unsaturated/α-hetero) is 6. The number of benzene rings is 8. The molecule has 8 aromatic rings. The van der Waals surface area contributed by atoms with E-state index in [9.17, 15) is 82.4 Å². The van der Waals surface area contributed by atoms with Gasteiger partial charge in [0.05, 0.1) is 50.6 Å². The minimum atomic E-state index is -1.23. The maximum absolute atomic E-state index is 14.5. The van der Waals surface area contributed by atoms with Crippen molar-refractivity contribution in [1.29, 1.82) is 0 Å². The Hall–Kier alpha value is -13.2. The van der Waals surface area contributed by atoms with Crippen LogP contribution in [0.5, 0.6) is 17.2 Å². The summed E-state index contributed by atoms with van der Waals surface area (Å²) in [6, 6.07) is 59.0. The fourth-order valence-corrected chi connectivity index (χ4v) is 14.3. The standard InChI is InChI=1S/C52H62N2O13.C52H62N2O12/c1-36(55)30-42(31-37-15-20-43(56)21-16-37)52(63)54-46(32-38-17-22-44(57)23-18-38)48(59)33-41(19-25-49(60)66-34-39-10-5-3-6-11-39)51(62)53-45(47(58)14-9-27-65-29-28-64-2)24-26-50(61)67-35-40-12-7-4-8-13-40;1-37(55)31-43(32-39-20-23-44(56)24-21-39)52(62)54-46(33-38-13-6-3-7-14-38)48(58)34-42(22-26-49(59)65-35-40-15-8-4-9-16-40)51(61)53-45(47(57)19-12-28-64-30-29-63-2)25-27-50(60)66-36-41-17-10-5-11-18-41/h3-8,10-13,15-18,20-23,41-42,45-46,56-57H,9,14,19,24-35H2,1-2H3,(H,53,62)(H,54,63);3-11,13-18,20-21,23-24,42-43,45-46,56H,12,19,22,25-36H2,1-2H3,(H,53,61)(H,54,62)/t41-,42+,45-,46-;42-,43+,45-,46-/m11/s1. The number of hydrogen-bond acceptors (Lipinski definition) is 25. The van der Waals surface area contributed by atoms with Gasteiger partial charge >= 0.3 is 23.9 Å². The molecule has 8 atom stereocenters. The number of esters is 4. The molecule has 0 bridgehead atoms. The number of methoxy groups -OCH3 is 2. The summed E-state index contributed by atoms with van der Waals surface area (Å²) in [6.07, 6.45) is -1.65. The molecule has 29 heteroatoms. The highest BCUT2D eigenvalue weighted by Crippen LogP contribution is 2.26. The number of rotatable bonds is 62. The molecule has 8 aromatic carbocycles. The number of amides is 4. The molecule has 0 spiro atoms. The van der Waals surface area contributed by atoms with Crippen LogP contribution in [0.4, 0.5) is 0 Å². The first-order valence-corrected chi connectivity index (χ1v) is 44.8. The van der Waals surface area contributed by atoms with Gasteiger partial charge in [-0.1, -0.05) is 188 Å². The van der Waals surface area contributed by atoms with Crippen LogP contribution >= 0.6 is 0 Å². The van der Waals surface area contributed by atoms with Crippen LogP contribution in [0, 0.1) is 23.7 Å². The van der Waals surface area contributed by atoms with Crippen molar-refractivity contribution >= 4 is 82.2 Å². The highest BCUT2D eigenvalue weighted by molar-refractivity contribution is 5.98. The zero-order valence-corrected chi connectivity index (χ0v) is 76.0. The van der Waals surface area contributed by atoms with Crippen molar-refractivity contribution in [2.75, 3.05) is 53.9 Å². The largest absolute Gasteiger partial charge is 0.508 e. The molecule has 0 aliphatic carbocycles. The van der Waals surface area contributed by atoms with Crippen molar-refractivity contribution < 1.29 is 120 Å². The molecule has 0 aliphatic heterocycles. The van der Waals surface area contributed by atoms with Crippen LogP contribution in [0.15, 0.2) is 224 Å². The number of carbonyl (C=O) groups excluding carboxylic acids is 14. The van der Waals surface area contributed by atoms with E-state index in [0.717, 1.165) is 27.8 Å². The van der Waals surface area contributed by atoms with E-state index in [1.54, 1.807) is 123 Å². The average molecular weight is 1830 g/mol. The van der Waals surface area contributed by atoms with Crippen molar-refractivity contribution in [2.45, 2.75) is 193 Å². The molecule has 0 aliphatic rings. The molecule has 0 fully saturated rings. The number of ether oxygens (including phenoxy) is 8. The predicted molar refractivity (Wildman–Crippen MR) is 493 cm³/mol. The van der Waals surface area contributed by atoms with Crippen LogP contribution in [0.1, 0.15) is 161 Å². The van der Waals surface area contributed by atoms with Gasteiger partial charge in [0, 0.05) is 115 Å². The van der Waals surface area contributed by atoms with Crippen molar-refractivity contribution in [2.24, 2.45) is 23.7 Å². The molecule has 0 saturated heterocycles. The van der Waals surface area contributed by atoms with E-state index in [1.165, 1.54) is 50.2 Å². The first-order valence-electron chi connectivity index (χ1n) is 44.8. The molecule has 8 rings (SSSR count). The van der Waals surface area contributed by atoms with E-state index in [4.69, 9.17) is 37.9 Å². The van der Waals surface area contributed by atoms with Crippen LogP contribution in [0.3, 0.4) is 0 Å². The van der Waals surface area contributed by atoms with Crippen molar-refractivity contribution in [3.8, 4) is 17.2 Å². The average Bonchev–Trinajstić information content (AvgIpc) is 0.830. The Bertz CT molecular complexity index is 4930. The lowest BCUT2D eigenvalue weighted by molar-refractivity contribution is -0.147. The Labute approximate surface area is 776 Å². The van der Waals surface area contributed by atoms with Crippen LogP contribution < -0.4 is 21.3 Å². The quantitative estimate of drug-likeness (QED) is 0.0106. The van der Waals surface area contributed by atoms with Crippen molar-refractivity contribution in [3.05, 3.63) is 269 Å². The highest BCUT2D eigenvalue weighted by atomic mass is 16.5. The summed E-state index contributed by atoms with van der Waals surface area (Å²) in [6.45, 7) is 4.67. The first kappa shape index (κ1) is 107. The van der Waals surface area contributed by atoms with Gasteiger partial charge in [-0.3, -0.25) is 57.5 Å². The smallest absolute Gasteiger partial charge is 0.306 e. The van der Waals surface area contributed by atoms with Crippen molar-refractivity contribution in [1.82, 2.24) is 21.3 Å². The van der Waals surface area contributed by atoms with Gasteiger partial charge in [0.2, 0.25) is 23.6 Å². The third kappa shape index (κ3) is 43.6. The van der Waals surface area contributed by atoms with Gasteiger partial charge in [-0.25, -0.2) is 0 Å². The highest BCUT2D eigenvalue weighted by Gasteiger charge is 2.36. The number of carbonyl (C=O) groups is 14. The number of hydrogen-bond donors (Lipinski definition) is 7. The first-order chi connectivity index (χ1) is 64.2. The third-order valence-electron chi connectivity index (χ3n) is 21.7. The number of phenolic OH excluding ortho intramolecular Hbond substituents is 3. The summed E-state index contributed by atoms with van der Waals surface area (Å²) in [5.41, 5.74) is 5.71. The third-order valence-corrected chi connectivity index (χ3v) is 21.7. The van der Waals surface area contributed by atoms with Gasteiger partial charge in [0.1, 0.15) is 55.2 Å². The molecule has 0 unspecified atom stereocenters. The Morgan fingerprint density at radius 3 is 0.805 bits per heavy atom. The number of phenols is 3. The van der Waals surface area contributed by atoms with Gasteiger partial charge in [-0.2, -0.15) is 0 Å². The van der Waals surface area contributed by atoms with E-state index < -0.39 is 120 Å². The fourth-order valence-electron chi connectivity index (χ4n) is 14.3. The second kappa shape index (κ2) is 60.7. The molecule has 710 valence electrons. The van der Waals surface area contributed by atoms with E-state index in [1.807, 2.05) is 78.9 Å². The van der Waals surface area contributed by atoms with Crippen LogP contribution in [0.25, 0.3) is 0 Å². The Morgan fingerprint density at radius 2 is 0.519 bits per heavy atom. The van der Waals surface area contributed by atoms with Crippen LogP contribution in [-0.4, -0.2) is 176 Å². The molecule has 0 saturated carbocycles. The van der Waals surface area contributed by atoms with Gasteiger partial charge < -0.3 is 84.1 Å². The number of ketones is 6. The Morgan fingerprint density at radius 1 is 0.263 bits per heavy atom. The lowest BCUT2D eigenvalue weighted by Crippen LogP contribution is -2.48. The lowest BCUT2D eigenvalue weighted by atomic mass is 9.89. The summed E-state index contributed by atoms with van der Waals surface area (Å²) in [5.74, 6) is -11.4. The zero-order valence-electron chi connectivity index (χ0n) is 76.0. The number of aromatic hydroxyl groups is 3. The van der Waals surface area contributed by atoms with Gasteiger partial charge in [0.15, 0.2) is 23.1 Å². The molecule has 133 heavy (non-hydrogen) atoms. The van der Waals surface area contributed by atoms with E-state index in [-0.39, 0.29) is 183 Å².